The van der Waals surface area contributed by atoms with Gasteiger partial charge in [0.1, 0.15) is 11.9 Å². The summed E-state index contributed by atoms with van der Waals surface area (Å²) in [7, 11) is -3.61. The van der Waals surface area contributed by atoms with Crippen LogP contribution in [0.15, 0.2) is 34.2 Å². The van der Waals surface area contributed by atoms with Gasteiger partial charge in [-0.05, 0) is 37.6 Å². The number of hydrogen-bond donors (Lipinski definition) is 2. The smallest absolute Gasteiger partial charge is 0.263 e. The molecule has 0 aliphatic carbocycles. The fraction of sp³-hybridized carbons (Fsp3) is 0.579. The lowest BCUT2D eigenvalue weighted by Gasteiger charge is -2.20. The molecule has 150 valence electrons. The summed E-state index contributed by atoms with van der Waals surface area (Å²) >= 11 is 0. The largest absolute Gasteiger partial charge is 0.353 e. The summed E-state index contributed by atoms with van der Waals surface area (Å²) in [4.78, 5) is 19.6. The summed E-state index contributed by atoms with van der Waals surface area (Å²) in [5.41, 5.74) is 0.516. The number of sulfonamides is 1. The van der Waals surface area contributed by atoms with Crippen LogP contribution >= 0.6 is 0 Å². The molecule has 0 fully saturated rings. The van der Waals surface area contributed by atoms with Gasteiger partial charge in [0.05, 0.1) is 4.90 Å². The Morgan fingerprint density at radius 3 is 2.52 bits per heavy atom. The quantitative estimate of drug-likeness (QED) is 0.666. The molecule has 1 aliphatic rings. The third-order valence-electron chi connectivity index (χ3n) is 4.57. The van der Waals surface area contributed by atoms with E-state index in [2.05, 4.69) is 33.8 Å². The Labute approximate surface area is 162 Å². The maximum atomic E-state index is 12.7. The highest BCUT2D eigenvalue weighted by atomic mass is 32.2. The topological polar surface area (TPSA) is 90.9 Å². The van der Waals surface area contributed by atoms with Crippen LogP contribution in [0.4, 0.5) is 0 Å². The van der Waals surface area contributed by atoms with E-state index in [1.54, 1.807) is 24.3 Å². The average molecular weight is 395 g/mol. The van der Waals surface area contributed by atoms with Crippen molar-refractivity contribution in [2.45, 2.75) is 45.1 Å². The second-order valence-corrected chi connectivity index (χ2v) is 8.69. The first-order chi connectivity index (χ1) is 12.8. The van der Waals surface area contributed by atoms with Crippen LogP contribution in [0.25, 0.3) is 0 Å². The number of likely N-dealkylation sites (N-methyl/N-ethyl adjacent to an activating group) is 1. The Kier molecular flexibility index (Phi) is 7.38. The van der Waals surface area contributed by atoms with E-state index in [0.29, 0.717) is 18.5 Å². The predicted octanol–water partition coefficient (Wildman–Crippen LogP) is 1.60. The number of fused-ring (bicyclic) bond motifs is 1. The van der Waals surface area contributed by atoms with Crippen molar-refractivity contribution in [3.05, 3.63) is 29.8 Å². The molecule has 1 amide bonds. The van der Waals surface area contributed by atoms with Crippen LogP contribution in [0, 0.1) is 5.92 Å². The highest BCUT2D eigenvalue weighted by Crippen LogP contribution is 2.23. The number of nitrogens with one attached hydrogen (secondary N) is 2. The number of carbonyl (C=O) groups excluding carboxylic acids is 1. The van der Waals surface area contributed by atoms with Crippen LogP contribution in [0.5, 0.6) is 0 Å². The molecule has 0 spiro atoms. The average Bonchev–Trinajstić information content (AvgIpc) is 2.88. The molecule has 0 saturated carbocycles. The van der Waals surface area contributed by atoms with Crippen molar-refractivity contribution in [1.29, 1.82) is 0 Å². The predicted molar refractivity (Wildman–Crippen MR) is 107 cm³/mol. The van der Waals surface area contributed by atoms with Crippen molar-refractivity contribution in [3.63, 3.8) is 0 Å². The molecule has 27 heavy (non-hydrogen) atoms. The molecule has 2 rings (SSSR count). The van der Waals surface area contributed by atoms with Crippen molar-refractivity contribution in [2.24, 2.45) is 10.9 Å². The minimum absolute atomic E-state index is 0.174. The van der Waals surface area contributed by atoms with E-state index in [1.165, 1.54) is 0 Å². The lowest BCUT2D eigenvalue weighted by Crippen LogP contribution is -2.40. The number of rotatable bonds is 9. The molecule has 2 N–H and O–H groups in total. The molecule has 0 saturated heterocycles. The Hall–Kier alpha value is -1.93. The zero-order valence-electron chi connectivity index (χ0n) is 16.5. The van der Waals surface area contributed by atoms with Gasteiger partial charge in [-0.2, -0.15) is 0 Å². The number of hydrogen-bond acceptors (Lipinski definition) is 5. The van der Waals surface area contributed by atoms with Crippen molar-refractivity contribution < 1.29 is 13.2 Å². The van der Waals surface area contributed by atoms with Gasteiger partial charge in [-0.25, -0.2) is 8.42 Å². The molecule has 1 aromatic rings. The van der Waals surface area contributed by atoms with E-state index in [1.807, 2.05) is 13.8 Å². The van der Waals surface area contributed by atoms with Gasteiger partial charge in [-0.15, -0.1) is 0 Å². The minimum atomic E-state index is -3.61. The van der Waals surface area contributed by atoms with E-state index < -0.39 is 16.1 Å². The van der Waals surface area contributed by atoms with Gasteiger partial charge >= 0.3 is 0 Å². The second kappa shape index (κ2) is 9.32. The summed E-state index contributed by atoms with van der Waals surface area (Å²) in [6.07, 6.45) is 0.546. The van der Waals surface area contributed by atoms with Crippen LogP contribution in [0.1, 0.15) is 39.7 Å². The highest BCUT2D eigenvalue weighted by Gasteiger charge is 2.32. The molecular formula is C19H30N4O3S. The lowest BCUT2D eigenvalue weighted by atomic mass is 10.0. The van der Waals surface area contributed by atoms with E-state index in [4.69, 9.17) is 0 Å². The summed E-state index contributed by atoms with van der Waals surface area (Å²) in [6, 6.07) is 6.05. The summed E-state index contributed by atoms with van der Waals surface area (Å²) in [5.74, 6) is 0.322. The number of nitrogens with zero attached hydrogens (tertiary/aromatic N) is 2. The normalized spacial score (nSPS) is 17.8. The van der Waals surface area contributed by atoms with Gasteiger partial charge in [0.15, 0.2) is 0 Å². The van der Waals surface area contributed by atoms with E-state index in [9.17, 15) is 13.2 Å². The number of benzene rings is 1. The zero-order chi connectivity index (χ0) is 20.0. The second-order valence-electron chi connectivity index (χ2n) is 7.04. The van der Waals surface area contributed by atoms with Gasteiger partial charge in [0.25, 0.3) is 10.0 Å². The molecule has 0 radical (unpaired) electrons. The van der Waals surface area contributed by atoms with Gasteiger partial charge < -0.3 is 10.2 Å². The van der Waals surface area contributed by atoms with Crippen molar-refractivity contribution in [3.8, 4) is 0 Å². The monoisotopic (exact) mass is 394 g/mol. The molecule has 0 aromatic heterocycles. The SMILES string of the molecule is CCN(CC)CCNC(=O)C(CC(C)C)N=C1NS(=O)(=O)c2ccccc21. The van der Waals surface area contributed by atoms with Crippen molar-refractivity contribution >= 4 is 21.8 Å². The fourth-order valence-electron chi connectivity index (χ4n) is 3.05. The third kappa shape index (κ3) is 5.52. The van der Waals surface area contributed by atoms with Gasteiger partial charge in [0.2, 0.25) is 5.91 Å². The first kappa shape index (κ1) is 21.4. The molecule has 8 heteroatoms. The van der Waals surface area contributed by atoms with Crippen molar-refractivity contribution in [2.75, 3.05) is 26.2 Å². The highest BCUT2D eigenvalue weighted by molar-refractivity contribution is 7.90. The van der Waals surface area contributed by atoms with E-state index in [0.717, 1.165) is 19.6 Å². The number of amides is 1. The number of amidine groups is 1. The molecule has 1 aliphatic heterocycles. The van der Waals surface area contributed by atoms with Crippen LogP contribution in [0.2, 0.25) is 0 Å². The third-order valence-corrected chi connectivity index (χ3v) is 5.96. The Balaban J connectivity index is 2.17. The summed E-state index contributed by atoms with van der Waals surface area (Å²) in [6.45, 7) is 11.4. The van der Waals surface area contributed by atoms with E-state index in [-0.39, 0.29) is 22.6 Å². The fourth-order valence-corrected chi connectivity index (χ4v) is 4.28. The number of aliphatic imine (C=N–C) groups is 1. The van der Waals surface area contributed by atoms with Crippen LogP contribution in [0.3, 0.4) is 0 Å². The van der Waals surface area contributed by atoms with Crippen LogP contribution in [-0.4, -0.2) is 57.3 Å². The Morgan fingerprint density at radius 2 is 1.89 bits per heavy atom. The standard InChI is InChI=1S/C19H30N4O3S/c1-5-23(6-2)12-11-20-19(24)16(13-14(3)4)21-18-15-9-7-8-10-17(15)27(25,26)22-18/h7-10,14,16H,5-6,11-13H2,1-4H3,(H,20,24)(H,21,22). The molecule has 0 bridgehead atoms. The Morgan fingerprint density at radius 1 is 1.22 bits per heavy atom. The molecule has 1 heterocycles. The Bertz CT molecular complexity index is 786. The van der Waals surface area contributed by atoms with E-state index >= 15 is 0 Å². The van der Waals surface area contributed by atoms with Crippen LogP contribution in [-0.2, 0) is 14.8 Å². The first-order valence-corrected chi connectivity index (χ1v) is 11.0. The molecule has 7 nitrogen and oxygen atoms in total. The first-order valence-electron chi connectivity index (χ1n) is 9.48. The van der Waals surface area contributed by atoms with Crippen molar-refractivity contribution in [1.82, 2.24) is 14.9 Å². The lowest BCUT2D eigenvalue weighted by molar-refractivity contribution is -0.122. The van der Waals surface area contributed by atoms with Gasteiger partial charge in [-0.3, -0.25) is 14.5 Å². The maximum absolute atomic E-state index is 12.7. The number of carbonyl (C=O) groups is 1. The maximum Gasteiger partial charge on any atom is 0.263 e. The van der Waals surface area contributed by atoms with Gasteiger partial charge in [-0.1, -0.05) is 39.8 Å². The summed E-state index contributed by atoms with van der Waals surface area (Å²) in [5, 5.41) is 2.94. The molecular weight excluding hydrogens is 364 g/mol. The minimum Gasteiger partial charge on any atom is -0.353 e. The zero-order valence-corrected chi connectivity index (χ0v) is 17.3. The van der Waals surface area contributed by atoms with Crippen LogP contribution < -0.4 is 10.0 Å². The molecule has 1 aromatic carbocycles. The molecule has 1 unspecified atom stereocenters. The molecule has 1 atom stereocenters. The van der Waals surface area contributed by atoms with Gasteiger partial charge in [0, 0.05) is 18.7 Å². The summed E-state index contributed by atoms with van der Waals surface area (Å²) < 4.78 is 27.0.